The fourth-order valence-electron chi connectivity index (χ4n) is 1.92. The fourth-order valence-corrected chi connectivity index (χ4v) is 6.36. The smallest absolute Gasteiger partial charge is 0.320 e. The predicted octanol–water partition coefficient (Wildman–Crippen LogP) is 2.52. The Morgan fingerprint density at radius 3 is 1.87 bits per heavy atom. The highest BCUT2D eigenvalue weighted by Gasteiger charge is 2.29. The van der Waals surface area contributed by atoms with E-state index in [0.717, 1.165) is 6.04 Å². The summed E-state index contributed by atoms with van der Waals surface area (Å²) in [5.74, 6) is 0. The molecule has 0 saturated heterocycles. The number of hydrogen-bond acceptors (Lipinski definition) is 3. The fraction of sp³-hybridized carbons (Fsp3) is 1.00. The molecule has 0 radical (unpaired) electrons. The van der Waals surface area contributed by atoms with Crippen molar-refractivity contribution in [1.29, 1.82) is 0 Å². The van der Waals surface area contributed by atoms with E-state index < -0.39 is 17.6 Å². The van der Waals surface area contributed by atoms with E-state index >= 15 is 0 Å². The van der Waals surface area contributed by atoms with Gasteiger partial charge in [0.25, 0.3) is 0 Å². The van der Waals surface area contributed by atoms with Gasteiger partial charge in [-0.15, -0.1) is 0 Å². The molecular weight excluding hydrogens is 224 g/mol. The second kappa shape index (κ2) is 8.46. The van der Waals surface area contributed by atoms with Crippen molar-refractivity contribution in [3.63, 3.8) is 0 Å². The Hall–Kier alpha value is 0.314. The molecule has 0 aliphatic heterocycles. The molecule has 0 bridgehead atoms. The van der Waals surface area contributed by atoms with Crippen LogP contribution in [-0.4, -0.2) is 38.9 Å². The standard InChI is InChI=1S/C10H26O3Si2/c1-6-15(7-2,13-5)10-8-9-14(11-3)12-4/h14H,6-10H2,1-5H3. The third-order valence-electron chi connectivity index (χ3n) is 3.32. The normalized spacial score (nSPS) is 12.4. The molecule has 0 aromatic rings. The first-order valence-electron chi connectivity index (χ1n) is 5.78. The van der Waals surface area contributed by atoms with Gasteiger partial charge in [0.05, 0.1) is 0 Å². The highest BCUT2D eigenvalue weighted by atomic mass is 28.4. The summed E-state index contributed by atoms with van der Waals surface area (Å²) in [6.45, 7) is 4.50. The molecular formula is C10H26O3Si2. The zero-order valence-corrected chi connectivity index (χ0v) is 13.0. The average Bonchev–Trinajstić information content (AvgIpc) is 2.31. The van der Waals surface area contributed by atoms with Gasteiger partial charge in [0.1, 0.15) is 0 Å². The van der Waals surface area contributed by atoms with Crippen LogP contribution in [0.4, 0.5) is 0 Å². The lowest BCUT2D eigenvalue weighted by Crippen LogP contribution is -2.35. The van der Waals surface area contributed by atoms with Crippen molar-refractivity contribution in [3.05, 3.63) is 0 Å². The van der Waals surface area contributed by atoms with Crippen LogP contribution in [0.3, 0.4) is 0 Å². The molecule has 0 spiro atoms. The largest absolute Gasteiger partial charge is 0.420 e. The second-order valence-electron chi connectivity index (χ2n) is 3.89. The first-order valence-corrected chi connectivity index (χ1v) is 10.1. The second-order valence-corrected chi connectivity index (χ2v) is 11.0. The Morgan fingerprint density at radius 1 is 1.00 bits per heavy atom. The topological polar surface area (TPSA) is 27.7 Å². The molecule has 0 heterocycles. The maximum Gasteiger partial charge on any atom is 0.320 e. The van der Waals surface area contributed by atoms with Gasteiger partial charge in [-0.05, 0) is 24.2 Å². The molecule has 0 amide bonds. The average molecular weight is 250 g/mol. The molecule has 3 nitrogen and oxygen atoms in total. The minimum atomic E-state index is -1.40. The quantitative estimate of drug-likeness (QED) is 0.589. The molecule has 0 aliphatic rings. The monoisotopic (exact) mass is 250 g/mol. The molecule has 15 heavy (non-hydrogen) atoms. The van der Waals surface area contributed by atoms with Gasteiger partial charge in [0, 0.05) is 21.3 Å². The highest BCUT2D eigenvalue weighted by molar-refractivity contribution is 6.73. The molecule has 0 aromatic carbocycles. The lowest BCUT2D eigenvalue weighted by molar-refractivity contribution is 0.277. The molecule has 5 heteroatoms. The van der Waals surface area contributed by atoms with E-state index in [1.165, 1.54) is 24.6 Å². The van der Waals surface area contributed by atoms with Gasteiger partial charge in [-0.25, -0.2) is 0 Å². The molecule has 92 valence electrons. The molecule has 0 atom stereocenters. The van der Waals surface area contributed by atoms with Crippen LogP contribution in [0.25, 0.3) is 0 Å². The van der Waals surface area contributed by atoms with Gasteiger partial charge in [0.15, 0.2) is 8.32 Å². The van der Waals surface area contributed by atoms with Gasteiger partial charge in [0.2, 0.25) is 0 Å². The van der Waals surface area contributed by atoms with Crippen LogP contribution in [0, 0.1) is 0 Å². The Morgan fingerprint density at radius 2 is 1.53 bits per heavy atom. The summed E-state index contributed by atoms with van der Waals surface area (Å²) in [6.07, 6.45) is 1.19. The minimum Gasteiger partial charge on any atom is -0.420 e. The van der Waals surface area contributed by atoms with Crippen LogP contribution in [0.1, 0.15) is 20.3 Å². The van der Waals surface area contributed by atoms with E-state index in [0.29, 0.717) is 0 Å². The summed E-state index contributed by atoms with van der Waals surface area (Å²) in [6, 6.07) is 4.77. The van der Waals surface area contributed by atoms with E-state index in [2.05, 4.69) is 13.8 Å². The summed E-state index contributed by atoms with van der Waals surface area (Å²) >= 11 is 0. The van der Waals surface area contributed by atoms with E-state index in [1.807, 2.05) is 7.11 Å². The summed E-state index contributed by atoms with van der Waals surface area (Å²) in [7, 11) is 2.63. The summed E-state index contributed by atoms with van der Waals surface area (Å²) in [4.78, 5) is 0. The first-order chi connectivity index (χ1) is 7.17. The molecule has 0 aliphatic carbocycles. The van der Waals surface area contributed by atoms with E-state index in [1.54, 1.807) is 14.2 Å². The van der Waals surface area contributed by atoms with Crippen molar-refractivity contribution in [2.75, 3.05) is 21.3 Å². The van der Waals surface area contributed by atoms with Gasteiger partial charge in [-0.3, -0.25) is 0 Å². The summed E-state index contributed by atoms with van der Waals surface area (Å²) in [5.41, 5.74) is 0. The van der Waals surface area contributed by atoms with Crippen molar-refractivity contribution in [2.45, 2.75) is 44.4 Å². The summed E-state index contributed by atoms with van der Waals surface area (Å²) in [5, 5.41) is 0. The number of hydrogen-bond donors (Lipinski definition) is 0. The SMILES string of the molecule is CC[Si](CC)(CCC[SiH](OC)OC)OC. The third-order valence-corrected chi connectivity index (χ3v) is 9.96. The Kier molecular flexibility index (Phi) is 8.64. The lowest BCUT2D eigenvalue weighted by atomic mass is 10.6. The Bertz CT molecular complexity index is 139. The molecule has 0 fully saturated rings. The summed E-state index contributed by atoms with van der Waals surface area (Å²) < 4.78 is 16.4. The Labute approximate surface area is 97.1 Å². The van der Waals surface area contributed by atoms with Gasteiger partial charge in [-0.1, -0.05) is 20.3 Å². The third kappa shape index (κ3) is 5.26. The van der Waals surface area contributed by atoms with E-state index in [-0.39, 0.29) is 0 Å². The Balaban J connectivity index is 3.89. The van der Waals surface area contributed by atoms with Gasteiger partial charge >= 0.3 is 9.28 Å². The van der Waals surface area contributed by atoms with Crippen LogP contribution in [0.2, 0.25) is 24.2 Å². The number of rotatable bonds is 9. The van der Waals surface area contributed by atoms with Crippen molar-refractivity contribution in [1.82, 2.24) is 0 Å². The zero-order chi connectivity index (χ0) is 11.7. The lowest BCUT2D eigenvalue weighted by Gasteiger charge is -2.27. The van der Waals surface area contributed by atoms with Gasteiger partial charge < -0.3 is 13.3 Å². The molecule has 0 aromatic heterocycles. The van der Waals surface area contributed by atoms with E-state index in [9.17, 15) is 0 Å². The van der Waals surface area contributed by atoms with Crippen LogP contribution < -0.4 is 0 Å². The first kappa shape index (κ1) is 15.3. The van der Waals surface area contributed by atoms with Crippen molar-refractivity contribution in [2.24, 2.45) is 0 Å². The highest BCUT2D eigenvalue weighted by Crippen LogP contribution is 2.24. The molecule has 0 rings (SSSR count). The van der Waals surface area contributed by atoms with E-state index in [4.69, 9.17) is 13.3 Å². The van der Waals surface area contributed by atoms with Crippen LogP contribution >= 0.6 is 0 Å². The van der Waals surface area contributed by atoms with Crippen molar-refractivity contribution >= 4 is 17.6 Å². The van der Waals surface area contributed by atoms with Crippen molar-refractivity contribution < 1.29 is 13.3 Å². The van der Waals surface area contributed by atoms with Crippen LogP contribution in [0.5, 0.6) is 0 Å². The minimum absolute atomic E-state index is 1.10. The van der Waals surface area contributed by atoms with Crippen molar-refractivity contribution in [3.8, 4) is 0 Å². The molecule has 0 N–H and O–H groups in total. The van der Waals surface area contributed by atoms with Crippen LogP contribution in [-0.2, 0) is 13.3 Å². The molecule has 0 unspecified atom stereocenters. The predicted molar refractivity (Wildman–Crippen MR) is 69.1 cm³/mol. The maximum atomic E-state index is 5.76. The molecule has 0 saturated carbocycles. The zero-order valence-electron chi connectivity index (χ0n) is 10.8. The maximum absolute atomic E-state index is 5.76. The van der Waals surface area contributed by atoms with Crippen LogP contribution in [0.15, 0.2) is 0 Å². The van der Waals surface area contributed by atoms with Gasteiger partial charge in [-0.2, -0.15) is 0 Å².